The first kappa shape index (κ1) is 20.6. The quantitative estimate of drug-likeness (QED) is 0.611. The molecule has 2 aromatic carbocycles. The van der Waals surface area contributed by atoms with Crippen LogP contribution in [-0.4, -0.2) is 36.2 Å². The lowest BCUT2D eigenvalue weighted by Crippen LogP contribution is -2.38. The number of benzene rings is 2. The summed E-state index contributed by atoms with van der Waals surface area (Å²) in [4.78, 5) is 17.6. The van der Waals surface area contributed by atoms with E-state index in [-0.39, 0.29) is 5.44 Å². The Bertz CT molecular complexity index is 1070. The fourth-order valence-corrected chi connectivity index (χ4v) is 5.33. The van der Waals surface area contributed by atoms with Gasteiger partial charge >= 0.3 is 0 Å². The van der Waals surface area contributed by atoms with Gasteiger partial charge in [0.15, 0.2) is 5.44 Å². The van der Waals surface area contributed by atoms with E-state index in [1.807, 2.05) is 60.4 Å². The monoisotopic (exact) mass is 424 g/mol. The number of nitrogens with zero attached hydrogens (tertiary/aromatic N) is 2. The molecule has 30 heavy (non-hydrogen) atoms. The molecule has 3 aromatic rings. The van der Waals surface area contributed by atoms with E-state index >= 15 is 0 Å². The predicted molar refractivity (Wildman–Crippen MR) is 120 cm³/mol. The largest absolute Gasteiger partial charge is 0.420 e. The Balaban J connectivity index is 1.77. The summed E-state index contributed by atoms with van der Waals surface area (Å²) < 4.78 is 25.1. The number of hydrogen-bond donors (Lipinski definition) is 1. The van der Waals surface area contributed by atoms with Crippen molar-refractivity contribution in [3.05, 3.63) is 71.6 Å². The zero-order chi connectivity index (χ0) is 21.0. The van der Waals surface area contributed by atoms with Crippen LogP contribution in [0.5, 0.6) is 0 Å². The lowest BCUT2D eigenvalue weighted by molar-refractivity contribution is 0.121. The molecule has 7 heteroatoms. The molecule has 1 aromatic heterocycles. The Kier molecular flexibility index (Phi) is 6.18. The van der Waals surface area contributed by atoms with Crippen molar-refractivity contribution in [1.29, 1.82) is 0 Å². The van der Waals surface area contributed by atoms with Crippen molar-refractivity contribution >= 4 is 36.1 Å². The second-order valence-electron chi connectivity index (χ2n) is 7.08. The Labute approximate surface area is 176 Å². The van der Waals surface area contributed by atoms with Crippen LogP contribution in [0.2, 0.25) is 0 Å². The normalized spacial score (nSPS) is 16.7. The summed E-state index contributed by atoms with van der Waals surface area (Å²) in [6, 6.07) is 17.0. The van der Waals surface area contributed by atoms with Gasteiger partial charge in [0.1, 0.15) is 0 Å². The number of morpholine rings is 1. The van der Waals surface area contributed by atoms with Gasteiger partial charge in [0, 0.05) is 24.5 Å². The maximum absolute atomic E-state index is 13.7. The summed E-state index contributed by atoms with van der Waals surface area (Å²) in [5, 5.41) is 0.411. The van der Waals surface area contributed by atoms with E-state index in [1.54, 1.807) is 18.2 Å². The average molecular weight is 424 g/mol. The molecule has 4 rings (SSSR count). The molecule has 1 fully saturated rings. The molecule has 0 radical (unpaired) electrons. The number of aryl methyl sites for hydroxylation is 1. The van der Waals surface area contributed by atoms with Gasteiger partial charge in [-0.2, -0.15) is 0 Å². The molecule has 0 saturated carbocycles. The topological polar surface area (TPSA) is 75.8 Å². The van der Waals surface area contributed by atoms with E-state index in [1.165, 1.54) is 0 Å². The number of ether oxygens (including phenoxy) is 1. The minimum Gasteiger partial charge on any atom is -0.420 e. The van der Waals surface area contributed by atoms with Crippen molar-refractivity contribution in [2.75, 3.05) is 31.2 Å². The first-order chi connectivity index (χ1) is 14.6. The first-order valence-electron chi connectivity index (χ1n) is 10.1. The van der Waals surface area contributed by atoms with Crippen LogP contribution in [0.25, 0.3) is 12.2 Å². The van der Waals surface area contributed by atoms with Crippen LogP contribution in [0, 0.1) is 0 Å². The van der Waals surface area contributed by atoms with Crippen molar-refractivity contribution in [2.45, 2.75) is 13.3 Å². The fourth-order valence-electron chi connectivity index (χ4n) is 3.51. The smallest absolute Gasteiger partial charge is 0.282 e. The van der Waals surface area contributed by atoms with E-state index in [4.69, 9.17) is 9.15 Å². The third-order valence-corrected chi connectivity index (χ3v) is 7.07. The molecule has 6 nitrogen and oxygen atoms in total. The summed E-state index contributed by atoms with van der Waals surface area (Å²) in [5.74, 6) is 0.654. The van der Waals surface area contributed by atoms with Crippen molar-refractivity contribution in [3.63, 3.8) is 0 Å². The van der Waals surface area contributed by atoms with Gasteiger partial charge in [-0.3, -0.25) is 4.57 Å². The maximum atomic E-state index is 13.7. The van der Waals surface area contributed by atoms with Crippen LogP contribution in [0.3, 0.4) is 0 Å². The first-order valence-corrected chi connectivity index (χ1v) is 11.7. The molecule has 1 atom stereocenters. The number of rotatable bonds is 6. The third-order valence-electron chi connectivity index (χ3n) is 5.11. The molecule has 1 aliphatic rings. The highest BCUT2D eigenvalue weighted by Crippen LogP contribution is 2.43. The summed E-state index contributed by atoms with van der Waals surface area (Å²) in [6.07, 6.45) is 4.27. The van der Waals surface area contributed by atoms with Gasteiger partial charge in [-0.1, -0.05) is 55.5 Å². The molecule has 2 heterocycles. The molecule has 1 aliphatic heterocycles. The fraction of sp³-hybridized carbons (Fsp3) is 0.261. The molecule has 1 N–H and O–H groups in total. The standard InChI is InChI=1S/C23H25N2O4P/c1-2-19-10-6-7-11-20(19)30(26,27)22-23(25-14-16-28-17-15-25)29-21(24-22)13-12-18-8-4-3-5-9-18/h3-13H,2,14-17H2,1H3,(H,26,27). The van der Waals surface area contributed by atoms with Crippen LogP contribution < -0.4 is 15.6 Å². The summed E-state index contributed by atoms with van der Waals surface area (Å²) in [7, 11) is -3.95. The lowest BCUT2D eigenvalue weighted by Gasteiger charge is -2.27. The van der Waals surface area contributed by atoms with E-state index in [2.05, 4.69) is 4.98 Å². The highest BCUT2D eigenvalue weighted by atomic mass is 31.2. The second kappa shape index (κ2) is 9.00. The van der Waals surface area contributed by atoms with E-state index in [0.29, 0.717) is 49.8 Å². The number of anilines is 1. The van der Waals surface area contributed by atoms with Gasteiger partial charge in [-0.05, 0) is 29.7 Å². The van der Waals surface area contributed by atoms with Crippen LogP contribution in [0.1, 0.15) is 23.9 Å². The summed E-state index contributed by atoms with van der Waals surface area (Å²) >= 11 is 0. The molecule has 0 amide bonds. The number of hydrogen-bond acceptors (Lipinski definition) is 5. The van der Waals surface area contributed by atoms with E-state index in [0.717, 1.165) is 11.1 Å². The third kappa shape index (κ3) is 4.26. The van der Waals surface area contributed by atoms with Crippen LogP contribution in [-0.2, 0) is 15.7 Å². The molecular weight excluding hydrogens is 399 g/mol. The molecule has 1 saturated heterocycles. The van der Waals surface area contributed by atoms with Gasteiger partial charge < -0.3 is 18.9 Å². The van der Waals surface area contributed by atoms with Gasteiger partial charge in [0.2, 0.25) is 11.8 Å². The molecule has 1 unspecified atom stereocenters. The zero-order valence-corrected chi connectivity index (χ0v) is 17.8. The molecule has 0 bridgehead atoms. The van der Waals surface area contributed by atoms with Crippen molar-refractivity contribution in [3.8, 4) is 0 Å². The Hall–Kier alpha value is -2.66. The summed E-state index contributed by atoms with van der Waals surface area (Å²) in [5.41, 5.74) is 1.92. The lowest BCUT2D eigenvalue weighted by atomic mass is 10.2. The molecule has 156 valence electrons. The highest BCUT2D eigenvalue weighted by molar-refractivity contribution is 7.73. The van der Waals surface area contributed by atoms with Crippen LogP contribution in [0.4, 0.5) is 5.88 Å². The molecular formula is C23H25N2O4P. The van der Waals surface area contributed by atoms with Crippen molar-refractivity contribution < 1.29 is 18.6 Å². The van der Waals surface area contributed by atoms with Crippen molar-refractivity contribution in [1.82, 2.24) is 4.98 Å². The van der Waals surface area contributed by atoms with Gasteiger partial charge in [0.05, 0.1) is 13.2 Å². The predicted octanol–water partition coefficient (Wildman–Crippen LogP) is 3.47. The minimum atomic E-state index is -3.95. The molecule has 0 spiro atoms. The Morgan fingerprint density at radius 1 is 1.07 bits per heavy atom. The van der Waals surface area contributed by atoms with Crippen LogP contribution >= 0.6 is 7.37 Å². The minimum absolute atomic E-state index is 0.0954. The van der Waals surface area contributed by atoms with E-state index < -0.39 is 7.37 Å². The van der Waals surface area contributed by atoms with E-state index in [9.17, 15) is 9.46 Å². The average Bonchev–Trinajstić information content (AvgIpc) is 3.24. The SMILES string of the molecule is CCc1ccccc1P(=O)(O)c1nc(C=Cc2ccccc2)oc1N1CCOCC1. The maximum Gasteiger partial charge on any atom is 0.282 e. The zero-order valence-electron chi connectivity index (χ0n) is 16.9. The van der Waals surface area contributed by atoms with Gasteiger partial charge in [0.25, 0.3) is 7.37 Å². The Morgan fingerprint density at radius 2 is 1.77 bits per heavy atom. The molecule has 0 aliphatic carbocycles. The number of oxazole rings is 1. The van der Waals surface area contributed by atoms with Gasteiger partial charge in [-0.25, -0.2) is 4.98 Å². The second-order valence-corrected chi connectivity index (χ2v) is 9.14. The number of aromatic nitrogens is 1. The van der Waals surface area contributed by atoms with Crippen LogP contribution in [0.15, 0.2) is 59.0 Å². The Morgan fingerprint density at radius 3 is 2.50 bits per heavy atom. The highest BCUT2D eigenvalue weighted by Gasteiger charge is 2.36. The summed E-state index contributed by atoms with van der Waals surface area (Å²) in [6.45, 7) is 4.21. The van der Waals surface area contributed by atoms with Gasteiger partial charge in [-0.15, -0.1) is 0 Å². The van der Waals surface area contributed by atoms with Crippen molar-refractivity contribution in [2.24, 2.45) is 0 Å².